The first-order valence-corrected chi connectivity index (χ1v) is 20.3. The van der Waals surface area contributed by atoms with Gasteiger partial charge in [-0.2, -0.15) is 0 Å². The van der Waals surface area contributed by atoms with Crippen LogP contribution in [0.3, 0.4) is 0 Å². The van der Waals surface area contributed by atoms with Crippen molar-refractivity contribution >= 4 is 63.0 Å². The molecule has 0 atom stereocenters. The van der Waals surface area contributed by atoms with Gasteiger partial charge in [0.2, 0.25) is 0 Å². The Labute approximate surface area is 331 Å². The lowest BCUT2D eigenvalue weighted by Gasteiger charge is -2.12. The topological polar surface area (TPSA) is 38.7 Å². The fraction of sp³-hybridized carbons (Fsp3) is 0. The van der Waals surface area contributed by atoms with Crippen molar-refractivity contribution in [1.82, 2.24) is 15.0 Å². The number of benzene rings is 8. The van der Waals surface area contributed by atoms with E-state index >= 15 is 0 Å². The summed E-state index contributed by atoms with van der Waals surface area (Å²) in [5.74, 6) is 1.99. The van der Waals surface area contributed by atoms with Crippen LogP contribution in [0.1, 0.15) is 0 Å². The van der Waals surface area contributed by atoms with Crippen LogP contribution in [-0.2, 0) is 0 Å². The molecule has 3 nitrogen and oxygen atoms in total. The van der Waals surface area contributed by atoms with E-state index in [4.69, 9.17) is 15.0 Å². The number of hydrogen-bond donors (Lipinski definition) is 0. The molecule has 11 rings (SSSR count). The maximum Gasteiger partial charge on any atom is 0.165 e. The standard InChI is InChI=1S/C51H31N3S2/c1-4-15-32(16-5-1)35-21-12-22-36(29-35)37-30-43(46-41-23-10-11-28-44(41)55-45(46)31-37)40-26-13-24-38-39-25-14-27-42(48(39)56-47(38)40)51-53-49(33-17-6-2-7-18-33)52-50(54-51)34-19-8-3-9-20-34/h1-31H. The summed E-state index contributed by atoms with van der Waals surface area (Å²) in [5, 5.41) is 5.02. The van der Waals surface area contributed by atoms with E-state index in [2.05, 4.69) is 152 Å². The molecule has 0 saturated carbocycles. The van der Waals surface area contributed by atoms with Crippen LogP contribution in [0.15, 0.2) is 188 Å². The van der Waals surface area contributed by atoms with Crippen molar-refractivity contribution in [2.45, 2.75) is 0 Å². The molecule has 0 saturated heterocycles. The zero-order chi connectivity index (χ0) is 37.0. The largest absolute Gasteiger partial charge is 0.208 e. The maximum atomic E-state index is 5.13. The number of thiophene rings is 2. The van der Waals surface area contributed by atoms with E-state index in [9.17, 15) is 0 Å². The molecule has 0 bridgehead atoms. The van der Waals surface area contributed by atoms with Gasteiger partial charge < -0.3 is 0 Å². The van der Waals surface area contributed by atoms with E-state index < -0.39 is 0 Å². The predicted molar refractivity (Wildman–Crippen MR) is 238 cm³/mol. The number of hydrogen-bond acceptors (Lipinski definition) is 5. The molecule has 0 aliphatic heterocycles. The molecule has 0 amide bonds. The highest BCUT2D eigenvalue weighted by atomic mass is 32.1. The van der Waals surface area contributed by atoms with Gasteiger partial charge in [-0.15, -0.1) is 22.7 Å². The molecule has 0 spiro atoms. The first-order valence-electron chi connectivity index (χ1n) is 18.7. The molecule has 0 aliphatic carbocycles. The lowest BCUT2D eigenvalue weighted by Crippen LogP contribution is -2.00. The Balaban J connectivity index is 1.14. The Bertz CT molecular complexity index is 3180. The van der Waals surface area contributed by atoms with Crippen molar-refractivity contribution in [3.8, 4) is 67.5 Å². The summed E-state index contributed by atoms with van der Waals surface area (Å²) in [5.41, 5.74) is 10.2. The molecule has 56 heavy (non-hydrogen) atoms. The average molecular weight is 750 g/mol. The van der Waals surface area contributed by atoms with Crippen molar-refractivity contribution in [3.05, 3.63) is 188 Å². The van der Waals surface area contributed by atoms with Crippen LogP contribution in [0.5, 0.6) is 0 Å². The molecule has 11 aromatic rings. The number of aromatic nitrogens is 3. The number of nitrogens with zero attached hydrogens (tertiary/aromatic N) is 3. The first kappa shape index (κ1) is 32.6. The van der Waals surface area contributed by atoms with Crippen molar-refractivity contribution in [2.75, 3.05) is 0 Å². The van der Waals surface area contributed by atoms with Crippen LogP contribution >= 0.6 is 22.7 Å². The van der Waals surface area contributed by atoms with Gasteiger partial charge in [-0.25, -0.2) is 15.0 Å². The van der Waals surface area contributed by atoms with E-state index in [1.165, 1.54) is 69.0 Å². The monoisotopic (exact) mass is 749 g/mol. The summed E-state index contributed by atoms with van der Waals surface area (Å²) in [7, 11) is 0. The maximum absolute atomic E-state index is 5.13. The second kappa shape index (κ2) is 13.5. The minimum Gasteiger partial charge on any atom is -0.208 e. The SMILES string of the molecule is c1ccc(-c2cccc(-c3cc(-c4cccc5c4sc4c(-c6nc(-c7ccccc7)nc(-c7ccccc7)n6)cccc45)c4c(c3)sc3ccccc34)c2)cc1. The molecular weight excluding hydrogens is 719 g/mol. The molecule has 0 aliphatic rings. The summed E-state index contributed by atoms with van der Waals surface area (Å²) >= 11 is 3.70. The fourth-order valence-electron chi connectivity index (χ4n) is 7.88. The quantitative estimate of drug-likeness (QED) is 0.170. The minimum absolute atomic E-state index is 0.660. The lowest BCUT2D eigenvalue weighted by molar-refractivity contribution is 1.08. The van der Waals surface area contributed by atoms with Crippen molar-refractivity contribution in [2.24, 2.45) is 0 Å². The molecule has 5 heteroatoms. The molecule has 3 aromatic heterocycles. The van der Waals surface area contributed by atoms with Crippen LogP contribution in [-0.4, -0.2) is 15.0 Å². The van der Waals surface area contributed by atoms with Gasteiger partial charge in [0.05, 0.1) is 0 Å². The molecular formula is C51H31N3S2. The molecule has 8 aromatic carbocycles. The van der Waals surface area contributed by atoms with Crippen molar-refractivity contribution < 1.29 is 0 Å². The summed E-state index contributed by atoms with van der Waals surface area (Å²) in [6.45, 7) is 0. The molecule has 0 unspecified atom stereocenters. The third-order valence-corrected chi connectivity index (χ3v) is 12.9. The van der Waals surface area contributed by atoms with Crippen molar-refractivity contribution in [1.29, 1.82) is 0 Å². The van der Waals surface area contributed by atoms with Crippen molar-refractivity contribution in [3.63, 3.8) is 0 Å². The van der Waals surface area contributed by atoms with E-state index in [-0.39, 0.29) is 0 Å². The molecule has 3 heterocycles. The third-order valence-electron chi connectivity index (χ3n) is 10.5. The van der Waals surface area contributed by atoms with E-state index in [1.54, 1.807) is 0 Å². The molecule has 262 valence electrons. The second-order valence-corrected chi connectivity index (χ2v) is 16.1. The lowest BCUT2D eigenvalue weighted by atomic mass is 9.92. The highest BCUT2D eigenvalue weighted by Gasteiger charge is 2.20. The van der Waals surface area contributed by atoms with Gasteiger partial charge in [0.25, 0.3) is 0 Å². The van der Waals surface area contributed by atoms with E-state index in [0.717, 1.165) is 21.4 Å². The van der Waals surface area contributed by atoms with E-state index in [0.29, 0.717) is 17.5 Å². The van der Waals surface area contributed by atoms with Crippen LogP contribution in [0.25, 0.3) is 108 Å². The molecule has 0 radical (unpaired) electrons. The zero-order valence-electron chi connectivity index (χ0n) is 30.1. The minimum atomic E-state index is 0.660. The summed E-state index contributed by atoms with van der Waals surface area (Å²) in [6, 6.07) is 66.8. The van der Waals surface area contributed by atoms with Crippen LogP contribution in [0, 0.1) is 0 Å². The van der Waals surface area contributed by atoms with Gasteiger partial charge in [-0.3, -0.25) is 0 Å². The van der Waals surface area contributed by atoms with Gasteiger partial charge in [0, 0.05) is 62.6 Å². The number of rotatable bonds is 6. The Kier molecular flexibility index (Phi) is 7.87. The Morgan fingerprint density at radius 1 is 0.286 bits per heavy atom. The summed E-state index contributed by atoms with van der Waals surface area (Å²) < 4.78 is 5.00. The Hall–Kier alpha value is -6.79. The molecule has 0 fully saturated rings. The van der Waals surface area contributed by atoms with E-state index in [1.807, 2.05) is 59.1 Å². The van der Waals surface area contributed by atoms with Crippen LogP contribution < -0.4 is 0 Å². The first-order chi connectivity index (χ1) is 27.7. The third kappa shape index (κ3) is 5.60. The summed E-state index contributed by atoms with van der Waals surface area (Å²) in [6.07, 6.45) is 0. The van der Waals surface area contributed by atoms with Crippen LogP contribution in [0.4, 0.5) is 0 Å². The summed E-state index contributed by atoms with van der Waals surface area (Å²) in [4.78, 5) is 15.2. The van der Waals surface area contributed by atoms with Gasteiger partial charge in [0.1, 0.15) is 0 Å². The zero-order valence-corrected chi connectivity index (χ0v) is 31.7. The second-order valence-electron chi connectivity index (χ2n) is 13.9. The highest BCUT2D eigenvalue weighted by molar-refractivity contribution is 7.27. The smallest absolute Gasteiger partial charge is 0.165 e. The van der Waals surface area contributed by atoms with Gasteiger partial charge in [0.15, 0.2) is 17.5 Å². The van der Waals surface area contributed by atoms with Crippen LogP contribution in [0.2, 0.25) is 0 Å². The average Bonchev–Trinajstić information content (AvgIpc) is 3.86. The Morgan fingerprint density at radius 2 is 0.786 bits per heavy atom. The Morgan fingerprint density at radius 3 is 1.46 bits per heavy atom. The normalized spacial score (nSPS) is 11.6. The van der Waals surface area contributed by atoms with Gasteiger partial charge >= 0.3 is 0 Å². The fourth-order valence-corrected chi connectivity index (χ4v) is 10.4. The predicted octanol–water partition coefficient (Wildman–Crippen LogP) is 14.6. The van der Waals surface area contributed by atoms with Gasteiger partial charge in [-0.05, 0) is 58.1 Å². The van der Waals surface area contributed by atoms with Gasteiger partial charge in [-0.1, -0.05) is 158 Å². The highest BCUT2D eigenvalue weighted by Crippen LogP contribution is 2.48. The molecule has 0 N–H and O–H groups in total. The number of fused-ring (bicyclic) bond motifs is 6.